The molecule has 0 unspecified atom stereocenters. The fourth-order valence-electron chi connectivity index (χ4n) is 1.62. The van der Waals surface area contributed by atoms with E-state index in [-0.39, 0.29) is 11.8 Å². The van der Waals surface area contributed by atoms with Gasteiger partial charge in [0.2, 0.25) is 0 Å². The van der Waals surface area contributed by atoms with E-state index >= 15 is 0 Å². The predicted octanol–water partition coefficient (Wildman–Crippen LogP) is 1.66. The van der Waals surface area contributed by atoms with Crippen LogP contribution in [0.15, 0.2) is 24.3 Å². The Kier molecular flexibility index (Phi) is 2.78. The van der Waals surface area contributed by atoms with E-state index < -0.39 is 5.97 Å². The van der Waals surface area contributed by atoms with Crippen molar-refractivity contribution < 1.29 is 14.6 Å². The Hall–Kier alpha value is -2.02. The topological polar surface area (TPSA) is 70.3 Å². The van der Waals surface area contributed by atoms with Crippen molar-refractivity contribution >= 4 is 5.97 Å². The number of hydrogen-bond donors (Lipinski definition) is 1. The molecule has 1 aliphatic carbocycles. The van der Waals surface area contributed by atoms with Crippen molar-refractivity contribution in [1.29, 1.82) is 5.26 Å². The molecule has 1 aliphatic rings. The van der Waals surface area contributed by atoms with Crippen LogP contribution in [-0.2, 0) is 4.79 Å². The second-order valence-corrected chi connectivity index (χ2v) is 3.86. The van der Waals surface area contributed by atoms with Crippen molar-refractivity contribution in [3.63, 3.8) is 0 Å². The van der Waals surface area contributed by atoms with Crippen LogP contribution in [0.1, 0.15) is 12.0 Å². The van der Waals surface area contributed by atoms with Crippen LogP contribution >= 0.6 is 0 Å². The molecule has 1 aromatic carbocycles. The number of hydrogen-bond acceptors (Lipinski definition) is 3. The van der Waals surface area contributed by atoms with E-state index in [4.69, 9.17) is 15.1 Å². The summed E-state index contributed by atoms with van der Waals surface area (Å²) in [5, 5.41) is 17.5. The van der Waals surface area contributed by atoms with Crippen LogP contribution in [0.4, 0.5) is 0 Å². The van der Waals surface area contributed by atoms with Gasteiger partial charge >= 0.3 is 5.97 Å². The van der Waals surface area contributed by atoms with Gasteiger partial charge in [-0.3, -0.25) is 4.79 Å². The van der Waals surface area contributed by atoms with E-state index in [2.05, 4.69) is 0 Å². The SMILES string of the molecule is N#Cc1ccccc1OC[C@@H]1C[C@H]1C(=O)O. The lowest BCUT2D eigenvalue weighted by atomic mass is 10.2. The molecule has 0 bridgehead atoms. The molecule has 0 spiro atoms. The highest BCUT2D eigenvalue weighted by Gasteiger charge is 2.43. The Balaban J connectivity index is 1.92. The Morgan fingerprint density at radius 3 is 2.94 bits per heavy atom. The molecule has 4 nitrogen and oxygen atoms in total. The van der Waals surface area contributed by atoms with Gasteiger partial charge in [-0.05, 0) is 18.6 Å². The van der Waals surface area contributed by atoms with E-state index in [9.17, 15) is 4.79 Å². The Morgan fingerprint density at radius 2 is 2.31 bits per heavy atom. The lowest BCUT2D eigenvalue weighted by molar-refractivity contribution is -0.138. The molecule has 1 fully saturated rings. The van der Waals surface area contributed by atoms with E-state index in [0.29, 0.717) is 24.3 Å². The number of carboxylic acid groups (broad SMARTS) is 1. The molecule has 1 N–H and O–H groups in total. The molecule has 1 saturated carbocycles. The molecule has 0 radical (unpaired) electrons. The summed E-state index contributed by atoms with van der Waals surface area (Å²) in [6.45, 7) is 0.371. The maximum absolute atomic E-state index is 10.6. The van der Waals surface area contributed by atoms with Gasteiger partial charge in [0.15, 0.2) is 0 Å². The quantitative estimate of drug-likeness (QED) is 0.832. The monoisotopic (exact) mass is 217 g/mol. The number of aliphatic carboxylic acids is 1. The second-order valence-electron chi connectivity index (χ2n) is 3.86. The van der Waals surface area contributed by atoms with E-state index in [1.807, 2.05) is 6.07 Å². The molecule has 0 heterocycles. The normalized spacial score (nSPS) is 22.2. The van der Waals surface area contributed by atoms with Crippen LogP contribution < -0.4 is 4.74 Å². The predicted molar refractivity (Wildman–Crippen MR) is 55.9 cm³/mol. The summed E-state index contributed by atoms with van der Waals surface area (Å²) in [5.41, 5.74) is 0.482. The van der Waals surface area contributed by atoms with Crippen LogP contribution in [0.2, 0.25) is 0 Å². The number of para-hydroxylation sites is 1. The fraction of sp³-hybridized carbons (Fsp3) is 0.333. The first-order valence-electron chi connectivity index (χ1n) is 5.07. The molecule has 1 aromatic rings. The average Bonchev–Trinajstić information content (AvgIpc) is 3.06. The second kappa shape index (κ2) is 4.23. The van der Waals surface area contributed by atoms with Crippen LogP contribution in [0.3, 0.4) is 0 Å². The van der Waals surface area contributed by atoms with Gasteiger partial charge in [0.05, 0.1) is 18.1 Å². The minimum absolute atomic E-state index is 0.0873. The number of nitriles is 1. The van der Waals surface area contributed by atoms with Gasteiger partial charge in [-0.2, -0.15) is 5.26 Å². The number of ether oxygens (including phenoxy) is 1. The number of rotatable bonds is 4. The van der Waals surface area contributed by atoms with Crippen molar-refractivity contribution in [3.8, 4) is 11.8 Å². The van der Waals surface area contributed by atoms with E-state index in [1.54, 1.807) is 24.3 Å². The molecule has 0 amide bonds. The Labute approximate surface area is 93.1 Å². The van der Waals surface area contributed by atoms with Crippen LogP contribution in [0.25, 0.3) is 0 Å². The first kappa shape index (κ1) is 10.5. The highest BCUT2D eigenvalue weighted by atomic mass is 16.5. The third-order valence-corrected chi connectivity index (χ3v) is 2.70. The number of nitrogens with zero attached hydrogens (tertiary/aromatic N) is 1. The summed E-state index contributed by atoms with van der Waals surface area (Å²) in [4.78, 5) is 10.6. The van der Waals surface area contributed by atoms with Crippen LogP contribution in [0.5, 0.6) is 5.75 Å². The minimum Gasteiger partial charge on any atom is -0.492 e. The first-order chi connectivity index (χ1) is 7.72. The van der Waals surface area contributed by atoms with Gasteiger partial charge in [0, 0.05) is 5.92 Å². The lowest BCUT2D eigenvalue weighted by Gasteiger charge is -2.06. The summed E-state index contributed by atoms with van der Waals surface area (Å²) >= 11 is 0. The molecular formula is C12H11NO3. The molecule has 16 heavy (non-hydrogen) atoms. The number of carbonyl (C=O) groups is 1. The zero-order chi connectivity index (χ0) is 11.5. The van der Waals surface area contributed by atoms with Gasteiger partial charge in [-0.1, -0.05) is 12.1 Å². The van der Waals surface area contributed by atoms with Gasteiger partial charge in [-0.15, -0.1) is 0 Å². The smallest absolute Gasteiger partial charge is 0.306 e. The fourth-order valence-corrected chi connectivity index (χ4v) is 1.62. The van der Waals surface area contributed by atoms with E-state index in [0.717, 1.165) is 0 Å². The van der Waals surface area contributed by atoms with Crippen molar-refractivity contribution in [2.45, 2.75) is 6.42 Å². The lowest BCUT2D eigenvalue weighted by Crippen LogP contribution is -2.06. The van der Waals surface area contributed by atoms with Crippen molar-refractivity contribution in [2.75, 3.05) is 6.61 Å². The third-order valence-electron chi connectivity index (χ3n) is 2.70. The third kappa shape index (κ3) is 2.14. The van der Waals surface area contributed by atoms with Crippen molar-refractivity contribution in [1.82, 2.24) is 0 Å². The summed E-state index contributed by atoms with van der Waals surface area (Å²) < 4.78 is 5.45. The highest BCUT2D eigenvalue weighted by molar-refractivity contribution is 5.73. The van der Waals surface area contributed by atoms with Crippen LogP contribution in [0, 0.1) is 23.2 Å². The maximum atomic E-state index is 10.6. The zero-order valence-corrected chi connectivity index (χ0v) is 8.59. The summed E-state index contributed by atoms with van der Waals surface area (Å²) in [7, 11) is 0. The molecule has 82 valence electrons. The minimum atomic E-state index is -0.762. The largest absolute Gasteiger partial charge is 0.492 e. The first-order valence-corrected chi connectivity index (χ1v) is 5.07. The highest BCUT2D eigenvalue weighted by Crippen LogP contribution is 2.39. The zero-order valence-electron chi connectivity index (χ0n) is 8.59. The standard InChI is InChI=1S/C12H11NO3/c13-6-8-3-1-2-4-11(8)16-7-9-5-10(9)12(14)15/h1-4,9-10H,5,7H2,(H,14,15)/t9-,10+/m0/s1. The summed E-state index contributed by atoms with van der Waals surface area (Å²) in [6.07, 6.45) is 0.671. The molecule has 0 aromatic heterocycles. The molecule has 0 aliphatic heterocycles. The van der Waals surface area contributed by atoms with Gasteiger partial charge in [-0.25, -0.2) is 0 Å². The van der Waals surface area contributed by atoms with E-state index in [1.165, 1.54) is 0 Å². The molecular weight excluding hydrogens is 206 g/mol. The Morgan fingerprint density at radius 1 is 1.56 bits per heavy atom. The number of carboxylic acids is 1. The van der Waals surface area contributed by atoms with Gasteiger partial charge < -0.3 is 9.84 Å². The summed E-state index contributed by atoms with van der Waals surface area (Å²) in [6, 6.07) is 8.98. The molecule has 2 rings (SSSR count). The van der Waals surface area contributed by atoms with Crippen LogP contribution in [-0.4, -0.2) is 17.7 Å². The summed E-state index contributed by atoms with van der Waals surface area (Å²) in [5.74, 6) is -0.415. The van der Waals surface area contributed by atoms with Gasteiger partial charge in [0.25, 0.3) is 0 Å². The molecule has 4 heteroatoms. The molecule has 2 atom stereocenters. The Bertz CT molecular complexity index is 450. The van der Waals surface area contributed by atoms with Crippen molar-refractivity contribution in [3.05, 3.63) is 29.8 Å². The average molecular weight is 217 g/mol. The van der Waals surface area contributed by atoms with Crippen molar-refractivity contribution in [2.24, 2.45) is 11.8 Å². The maximum Gasteiger partial charge on any atom is 0.306 e. The molecule has 0 saturated heterocycles. The number of benzene rings is 1. The van der Waals surface area contributed by atoms with Gasteiger partial charge in [0.1, 0.15) is 11.8 Å².